The summed E-state index contributed by atoms with van der Waals surface area (Å²) in [7, 11) is 4.06. The molecule has 1 aromatic carbocycles. The highest BCUT2D eigenvalue weighted by molar-refractivity contribution is 5.80. The second-order valence-corrected chi connectivity index (χ2v) is 8.69. The highest BCUT2D eigenvalue weighted by atomic mass is 16.5. The molecule has 2 heterocycles. The second kappa shape index (κ2) is 12.3. The average molecular weight is 417 g/mol. The van der Waals surface area contributed by atoms with E-state index in [4.69, 9.17) is 9.47 Å². The monoisotopic (exact) mass is 416 g/mol. The molecule has 2 saturated heterocycles. The van der Waals surface area contributed by atoms with Crippen LogP contribution in [-0.4, -0.2) is 81.0 Å². The minimum Gasteiger partial charge on any atom is -0.376 e. The van der Waals surface area contributed by atoms with E-state index in [0.29, 0.717) is 18.2 Å². The molecule has 2 unspecified atom stereocenters. The van der Waals surface area contributed by atoms with Gasteiger partial charge in [-0.25, -0.2) is 0 Å². The van der Waals surface area contributed by atoms with E-state index in [0.717, 1.165) is 64.6 Å². The summed E-state index contributed by atoms with van der Waals surface area (Å²) in [4.78, 5) is 9.26. The van der Waals surface area contributed by atoms with Gasteiger partial charge in [0.05, 0.1) is 18.8 Å². The predicted molar refractivity (Wildman–Crippen MR) is 123 cm³/mol. The van der Waals surface area contributed by atoms with Crippen molar-refractivity contribution in [3.63, 3.8) is 0 Å². The third kappa shape index (κ3) is 7.25. The Morgan fingerprint density at radius 3 is 2.67 bits per heavy atom. The molecule has 1 aromatic rings. The van der Waals surface area contributed by atoms with E-state index in [1.807, 2.05) is 7.05 Å². The van der Waals surface area contributed by atoms with Crippen molar-refractivity contribution in [3.8, 4) is 0 Å². The molecule has 1 N–H and O–H groups in total. The minimum absolute atomic E-state index is 0.306. The van der Waals surface area contributed by atoms with E-state index in [1.165, 1.54) is 18.4 Å². The maximum atomic E-state index is 6.15. The number of ether oxygens (including phenoxy) is 2. The van der Waals surface area contributed by atoms with Gasteiger partial charge in [-0.15, -0.1) is 0 Å². The third-order valence-electron chi connectivity index (χ3n) is 6.33. The molecule has 2 aliphatic rings. The van der Waals surface area contributed by atoms with Gasteiger partial charge in [0.1, 0.15) is 0 Å². The van der Waals surface area contributed by atoms with Crippen molar-refractivity contribution in [3.05, 3.63) is 35.9 Å². The number of hydrogen-bond donors (Lipinski definition) is 1. The van der Waals surface area contributed by atoms with Crippen molar-refractivity contribution >= 4 is 5.96 Å². The Balaban J connectivity index is 1.35. The molecule has 2 fully saturated rings. The molecule has 0 radical (unpaired) electrons. The summed E-state index contributed by atoms with van der Waals surface area (Å²) >= 11 is 0. The molecule has 0 aromatic heterocycles. The van der Waals surface area contributed by atoms with Crippen LogP contribution in [0.25, 0.3) is 0 Å². The molecule has 0 amide bonds. The summed E-state index contributed by atoms with van der Waals surface area (Å²) in [6.45, 7) is 7.72. The number of piperidine rings is 1. The Morgan fingerprint density at radius 2 is 2.00 bits per heavy atom. The molecular weight excluding hydrogens is 376 g/mol. The lowest BCUT2D eigenvalue weighted by Gasteiger charge is -2.35. The van der Waals surface area contributed by atoms with E-state index >= 15 is 0 Å². The first-order chi connectivity index (χ1) is 14.7. The van der Waals surface area contributed by atoms with Crippen molar-refractivity contribution in [2.24, 2.45) is 4.99 Å². The van der Waals surface area contributed by atoms with Gasteiger partial charge in [-0.05, 0) is 51.6 Å². The first-order valence-corrected chi connectivity index (χ1v) is 11.6. The number of nitrogens with zero attached hydrogens (tertiary/aromatic N) is 3. The van der Waals surface area contributed by atoms with Gasteiger partial charge in [0.15, 0.2) is 5.96 Å². The number of likely N-dealkylation sites (tertiary alicyclic amines) is 1. The van der Waals surface area contributed by atoms with E-state index in [-0.39, 0.29) is 0 Å². The van der Waals surface area contributed by atoms with Gasteiger partial charge in [0, 0.05) is 45.9 Å². The largest absolute Gasteiger partial charge is 0.376 e. The van der Waals surface area contributed by atoms with Gasteiger partial charge >= 0.3 is 0 Å². The minimum atomic E-state index is 0.306. The predicted octanol–water partition coefficient (Wildman–Crippen LogP) is 3.13. The summed E-state index contributed by atoms with van der Waals surface area (Å²) in [6.07, 6.45) is 6.37. The summed E-state index contributed by atoms with van der Waals surface area (Å²) in [5.41, 5.74) is 1.34. The Bertz CT molecular complexity index is 625. The number of hydrogen-bond acceptors (Lipinski definition) is 4. The van der Waals surface area contributed by atoms with Gasteiger partial charge in [-0.1, -0.05) is 30.3 Å². The van der Waals surface area contributed by atoms with Crippen molar-refractivity contribution in [1.82, 2.24) is 15.1 Å². The number of guanidine groups is 1. The molecule has 168 valence electrons. The molecule has 6 heteroatoms. The van der Waals surface area contributed by atoms with E-state index in [1.54, 1.807) is 0 Å². The fraction of sp³-hybridized carbons (Fsp3) is 0.708. The van der Waals surface area contributed by atoms with Crippen LogP contribution in [0, 0.1) is 0 Å². The fourth-order valence-electron chi connectivity index (χ4n) is 4.17. The van der Waals surface area contributed by atoms with E-state index < -0.39 is 0 Å². The van der Waals surface area contributed by atoms with E-state index in [2.05, 4.69) is 64.4 Å². The van der Waals surface area contributed by atoms with Gasteiger partial charge in [0.2, 0.25) is 0 Å². The van der Waals surface area contributed by atoms with Crippen LogP contribution in [0.2, 0.25) is 0 Å². The maximum absolute atomic E-state index is 6.15. The van der Waals surface area contributed by atoms with Crippen LogP contribution in [0.4, 0.5) is 0 Å². The third-order valence-corrected chi connectivity index (χ3v) is 6.33. The Labute approximate surface area is 182 Å². The molecule has 0 saturated carbocycles. The molecule has 0 aliphatic carbocycles. The van der Waals surface area contributed by atoms with Crippen LogP contribution in [0.1, 0.15) is 44.6 Å². The Hall–Kier alpha value is -1.63. The molecule has 6 nitrogen and oxygen atoms in total. The van der Waals surface area contributed by atoms with Crippen molar-refractivity contribution in [2.75, 3.05) is 46.9 Å². The van der Waals surface area contributed by atoms with Crippen molar-refractivity contribution in [1.29, 1.82) is 0 Å². The molecule has 3 rings (SSSR count). The zero-order valence-corrected chi connectivity index (χ0v) is 19.1. The first-order valence-electron chi connectivity index (χ1n) is 11.6. The maximum Gasteiger partial charge on any atom is 0.193 e. The average Bonchev–Trinajstić information content (AvgIpc) is 2.80. The van der Waals surface area contributed by atoms with Gasteiger partial charge in [-0.3, -0.25) is 9.89 Å². The fourth-order valence-corrected chi connectivity index (χ4v) is 4.17. The SMILES string of the molecule is CN=C(NCC(C)N(C)Cc1ccccc1)N1CCC(OCC2CCCCO2)CC1. The number of benzene rings is 1. The van der Waals surface area contributed by atoms with Crippen LogP contribution in [0.5, 0.6) is 0 Å². The van der Waals surface area contributed by atoms with Crippen LogP contribution in [-0.2, 0) is 16.0 Å². The first kappa shape index (κ1) is 23.0. The molecule has 2 aliphatic heterocycles. The van der Waals surface area contributed by atoms with Gasteiger partial charge in [-0.2, -0.15) is 0 Å². The summed E-state index contributed by atoms with van der Waals surface area (Å²) in [6, 6.07) is 11.0. The normalized spacial score (nSPS) is 22.3. The smallest absolute Gasteiger partial charge is 0.193 e. The number of nitrogens with one attached hydrogen (secondary N) is 1. The number of aliphatic imine (C=N–C) groups is 1. The zero-order chi connectivity index (χ0) is 21.2. The topological polar surface area (TPSA) is 49.3 Å². The van der Waals surface area contributed by atoms with Crippen molar-refractivity contribution in [2.45, 2.75) is 63.8 Å². The lowest BCUT2D eigenvalue weighted by molar-refractivity contribution is -0.0721. The molecule has 0 bridgehead atoms. The molecule has 30 heavy (non-hydrogen) atoms. The van der Waals surface area contributed by atoms with Crippen LogP contribution in [0.3, 0.4) is 0 Å². The number of rotatable bonds is 8. The summed E-state index contributed by atoms with van der Waals surface area (Å²) in [5, 5.41) is 3.58. The van der Waals surface area contributed by atoms with E-state index in [9.17, 15) is 0 Å². The highest BCUT2D eigenvalue weighted by Gasteiger charge is 2.24. The quantitative estimate of drug-likeness (QED) is 0.521. The number of likely N-dealkylation sites (N-methyl/N-ethyl adjacent to an activating group) is 1. The summed E-state index contributed by atoms with van der Waals surface area (Å²) < 4.78 is 11.9. The molecule has 2 atom stereocenters. The molecular formula is C24H40N4O2. The summed E-state index contributed by atoms with van der Waals surface area (Å²) in [5.74, 6) is 1.00. The van der Waals surface area contributed by atoms with Crippen LogP contribution in [0.15, 0.2) is 35.3 Å². The second-order valence-electron chi connectivity index (χ2n) is 8.69. The van der Waals surface area contributed by atoms with Crippen LogP contribution >= 0.6 is 0 Å². The lowest BCUT2D eigenvalue weighted by atomic mass is 10.1. The lowest BCUT2D eigenvalue weighted by Crippen LogP contribution is -2.50. The highest BCUT2D eigenvalue weighted by Crippen LogP contribution is 2.18. The Kier molecular flexibility index (Phi) is 9.43. The molecule has 0 spiro atoms. The van der Waals surface area contributed by atoms with Gasteiger partial charge < -0.3 is 19.7 Å². The Morgan fingerprint density at radius 1 is 1.23 bits per heavy atom. The standard InChI is InChI=1S/C24H40N4O2/c1-20(27(3)18-21-9-5-4-6-10-21)17-26-24(25-2)28-14-12-22(13-15-28)30-19-23-11-7-8-16-29-23/h4-6,9-10,20,22-23H,7-8,11-19H2,1-3H3,(H,25,26). The van der Waals surface area contributed by atoms with Crippen LogP contribution < -0.4 is 5.32 Å². The van der Waals surface area contributed by atoms with Gasteiger partial charge in [0.25, 0.3) is 0 Å². The zero-order valence-electron chi connectivity index (χ0n) is 19.1. The van der Waals surface area contributed by atoms with Crippen molar-refractivity contribution < 1.29 is 9.47 Å².